The Kier molecular flexibility index (Phi) is 3.33. The summed E-state index contributed by atoms with van der Waals surface area (Å²) in [4.78, 5) is 7.73. The average Bonchev–Trinajstić information content (AvgIpc) is 2.28. The summed E-state index contributed by atoms with van der Waals surface area (Å²) >= 11 is 0. The molecule has 0 saturated carbocycles. The molecular weight excluding hydrogens is 231 g/mol. The van der Waals surface area contributed by atoms with Crippen molar-refractivity contribution < 1.29 is 13.2 Å². The third kappa shape index (κ3) is 2.94. The lowest BCUT2D eigenvalue weighted by molar-refractivity contribution is -0.141. The number of hydrogen-bond acceptors (Lipinski definition) is 3. The summed E-state index contributed by atoms with van der Waals surface area (Å²) < 4.78 is 37.8. The molecule has 0 aliphatic carbocycles. The van der Waals surface area contributed by atoms with Gasteiger partial charge in [0.2, 0.25) is 0 Å². The first-order valence-electron chi connectivity index (χ1n) is 5.63. The number of piperidine rings is 1. The first-order chi connectivity index (χ1) is 7.97. The molecule has 17 heavy (non-hydrogen) atoms. The molecule has 1 aliphatic heterocycles. The second-order valence-electron chi connectivity index (χ2n) is 4.25. The zero-order chi connectivity index (χ0) is 12.5. The van der Waals surface area contributed by atoms with Gasteiger partial charge in [-0.1, -0.05) is 6.42 Å². The molecule has 2 rings (SSSR count). The highest BCUT2D eigenvalue weighted by atomic mass is 19.4. The van der Waals surface area contributed by atoms with Crippen molar-refractivity contribution in [2.24, 2.45) is 0 Å². The van der Waals surface area contributed by atoms with Gasteiger partial charge in [0.25, 0.3) is 0 Å². The molecule has 2 heterocycles. The van der Waals surface area contributed by atoms with Gasteiger partial charge < -0.3 is 5.32 Å². The van der Waals surface area contributed by atoms with Crippen LogP contribution in [0, 0.1) is 6.92 Å². The van der Waals surface area contributed by atoms with E-state index in [0.29, 0.717) is 5.69 Å². The van der Waals surface area contributed by atoms with Crippen LogP contribution < -0.4 is 5.32 Å². The van der Waals surface area contributed by atoms with E-state index in [1.807, 2.05) is 0 Å². The number of aromatic nitrogens is 2. The molecule has 0 radical (unpaired) electrons. The standard InChI is InChI=1S/C11H14F3N3/c1-7-6-9(11(12,13)14)17-10(16-7)8-4-2-3-5-15-8/h6,8,15H,2-5H2,1H3/t8-/m1/s1. The van der Waals surface area contributed by atoms with Crippen LogP contribution in [0.5, 0.6) is 0 Å². The molecule has 1 aromatic heterocycles. The monoisotopic (exact) mass is 245 g/mol. The SMILES string of the molecule is Cc1cc(C(F)(F)F)nc([C@H]2CCCCN2)n1. The predicted molar refractivity (Wildman–Crippen MR) is 56.4 cm³/mol. The molecule has 1 N–H and O–H groups in total. The molecule has 1 saturated heterocycles. The molecule has 0 spiro atoms. The van der Waals surface area contributed by atoms with Crippen LogP contribution in [-0.4, -0.2) is 16.5 Å². The van der Waals surface area contributed by atoms with E-state index in [-0.39, 0.29) is 11.9 Å². The first-order valence-corrected chi connectivity index (χ1v) is 5.63. The Morgan fingerprint density at radius 3 is 2.65 bits per heavy atom. The van der Waals surface area contributed by atoms with E-state index in [9.17, 15) is 13.2 Å². The first kappa shape index (κ1) is 12.3. The van der Waals surface area contributed by atoms with Crippen LogP contribution in [0.2, 0.25) is 0 Å². The van der Waals surface area contributed by atoms with Gasteiger partial charge in [0.15, 0.2) is 0 Å². The van der Waals surface area contributed by atoms with Crippen molar-refractivity contribution >= 4 is 0 Å². The van der Waals surface area contributed by atoms with Gasteiger partial charge >= 0.3 is 6.18 Å². The Hall–Kier alpha value is -1.17. The van der Waals surface area contributed by atoms with Crippen molar-refractivity contribution in [1.82, 2.24) is 15.3 Å². The number of nitrogens with zero attached hydrogens (tertiary/aromatic N) is 2. The Labute approximate surface area is 97.5 Å². The van der Waals surface area contributed by atoms with Crippen LogP contribution in [0.3, 0.4) is 0 Å². The second kappa shape index (κ2) is 4.60. The summed E-state index contributed by atoms with van der Waals surface area (Å²) in [7, 11) is 0. The van der Waals surface area contributed by atoms with Gasteiger partial charge in [-0.2, -0.15) is 13.2 Å². The van der Waals surface area contributed by atoms with Crippen molar-refractivity contribution in [1.29, 1.82) is 0 Å². The maximum atomic E-state index is 12.6. The van der Waals surface area contributed by atoms with Crippen molar-refractivity contribution in [3.8, 4) is 0 Å². The summed E-state index contributed by atoms with van der Waals surface area (Å²) in [6, 6.07) is 0.830. The Morgan fingerprint density at radius 1 is 1.29 bits per heavy atom. The fraction of sp³-hybridized carbons (Fsp3) is 0.636. The van der Waals surface area contributed by atoms with Gasteiger partial charge in [-0.05, 0) is 32.4 Å². The molecule has 0 amide bonds. The minimum Gasteiger partial charge on any atom is -0.307 e. The van der Waals surface area contributed by atoms with Gasteiger partial charge in [0.05, 0.1) is 6.04 Å². The highest BCUT2D eigenvalue weighted by molar-refractivity contribution is 5.14. The van der Waals surface area contributed by atoms with E-state index in [2.05, 4.69) is 15.3 Å². The van der Waals surface area contributed by atoms with Gasteiger partial charge in [-0.3, -0.25) is 0 Å². The van der Waals surface area contributed by atoms with E-state index >= 15 is 0 Å². The van der Waals surface area contributed by atoms with Crippen molar-refractivity contribution in [2.45, 2.75) is 38.4 Å². The van der Waals surface area contributed by atoms with Crippen LogP contribution in [0.1, 0.15) is 42.5 Å². The molecule has 1 aliphatic rings. The average molecular weight is 245 g/mol. The third-order valence-electron chi connectivity index (χ3n) is 2.78. The lowest BCUT2D eigenvalue weighted by Gasteiger charge is -2.22. The van der Waals surface area contributed by atoms with E-state index in [4.69, 9.17) is 0 Å². The normalized spacial score (nSPS) is 21.5. The van der Waals surface area contributed by atoms with Crippen LogP contribution in [0.15, 0.2) is 6.07 Å². The summed E-state index contributed by atoms with van der Waals surface area (Å²) in [5.41, 5.74) is -0.498. The smallest absolute Gasteiger partial charge is 0.307 e. The molecule has 1 fully saturated rings. The molecule has 94 valence electrons. The van der Waals surface area contributed by atoms with Crippen molar-refractivity contribution in [3.05, 3.63) is 23.3 Å². The quantitative estimate of drug-likeness (QED) is 0.826. The summed E-state index contributed by atoms with van der Waals surface area (Å²) in [6.45, 7) is 2.37. The molecule has 0 unspecified atom stereocenters. The summed E-state index contributed by atoms with van der Waals surface area (Å²) in [5, 5.41) is 3.15. The molecule has 3 nitrogen and oxygen atoms in total. The molecular formula is C11H14F3N3. The lowest BCUT2D eigenvalue weighted by atomic mass is 10.0. The number of alkyl halides is 3. The predicted octanol–water partition coefficient (Wildman–Crippen LogP) is 2.62. The zero-order valence-corrected chi connectivity index (χ0v) is 9.51. The minimum atomic E-state index is -4.41. The Balaban J connectivity index is 2.31. The van der Waals surface area contributed by atoms with Crippen LogP contribution in [0.4, 0.5) is 13.2 Å². The fourth-order valence-electron chi connectivity index (χ4n) is 1.96. The Bertz CT molecular complexity index is 397. The van der Waals surface area contributed by atoms with Crippen LogP contribution in [0.25, 0.3) is 0 Å². The fourth-order valence-corrected chi connectivity index (χ4v) is 1.96. The minimum absolute atomic E-state index is 0.148. The number of hydrogen-bond donors (Lipinski definition) is 1. The summed E-state index contributed by atoms with van der Waals surface area (Å²) in [5.74, 6) is 0.261. The van der Waals surface area contributed by atoms with Gasteiger partial charge in [-0.15, -0.1) is 0 Å². The highest BCUT2D eigenvalue weighted by Crippen LogP contribution is 2.29. The molecule has 1 atom stereocenters. The maximum Gasteiger partial charge on any atom is 0.433 e. The van der Waals surface area contributed by atoms with Gasteiger partial charge in [0.1, 0.15) is 11.5 Å². The van der Waals surface area contributed by atoms with Crippen molar-refractivity contribution in [2.75, 3.05) is 6.54 Å². The Morgan fingerprint density at radius 2 is 2.06 bits per heavy atom. The number of halogens is 3. The topological polar surface area (TPSA) is 37.8 Å². The molecule has 0 bridgehead atoms. The molecule has 6 heteroatoms. The number of nitrogens with one attached hydrogen (secondary N) is 1. The van der Waals surface area contributed by atoms with Crippen LogP contribution in [-0.2, 0) is 6.18 Å². The van der Waals surface area contributed by atoms with Gasteiger partial charge in [0, 0.05) is 5.69 Å². The van der Waals surface area contributed by atoms with E-state index < -0.39 is 11.9 Å². The number of rotatable bonds is 1. The van der Waals surface area contributed by atoms with Crippen molar-refractivity contribution in [3.63, 3.8) is 0 Å². The van der Waals surface area contributed by atoms with Gasteiger partial charge in [-0.25, -0.2) is 9.97 Å². The van der Waals surface area contributed by atoms with Crippen LogP contribution >= 0.6 is 0 Å². The van der Waals surface area contributed by atoms with E-state index in [1.165, 1.54) is 0 Å². The lowest BCUT2D eigenvalue weighted by Crippen LogP contribution is -2.29. The van der Waals surface area contributed by atoms with E-state index in [1.54, 1.807) is 6.92 Å². The second-order valence-corrected chi connectivity index (χ2v) is 4.25. The molecule has 1 aromatic rings. The largest absolute Gasteiger partial charge is 0.433 e. The molecule has 0 aromatic carbocycles. The van der Waals surface area contributed by atoms with E-state index in [0.717, 1.165) is 31.9 Å². The third-order valence-corrected chi connectivity index (χ3v) is 2.78. The highest BCUT2D eigenvalue weighted by Gasteiger charge is 2.34. The zero-order valence-electron chi connectivity index (χ0n) is 9.51. The number of aryl methyl sites for hydroxylation is 1. The maximum absolute atomic E-state index is 12.6. The summed E-state index contributed by atoms with van der Waals surface area (Å²) in [6.07, 6.45) is -1.57.